The first-order valence-electron chi connectivity index (χ1n) is 12.1. The number of halogens is 3. The van der Waals surface area contributed by atoms with Crippen LogP contribution in [-0.2, 0) is 25.9 Å². The summed E-state index contributed by atoms with van der Waals surface area (Å²) in [6.45, 7) is 15.7. The van der Waals surface area contributed by atoms with Gasteiger partial charge in [0.2, 0.25) is 0 Å². The van der Waals surface area contributed by atoms with Crippen molar-refractivity contribution in [2.75, 3.05) is 0 Å². The molecule has 0 nitrogen and oxygen atoms in total. The smallest absolute Gasteiger partial charge is 1.00 e. The Labute approximate surface area is 248 Å². The third kappa shape index (κ3) is 6.06. The Morgan fingerprint density at radius 1 is 0.583 bits per heavy atom. The van der Waals surface area contributed by atoms with E-state index in [0.29, 0.717) is 0 Å². The SMILES string of the molecule is CCC1=C(C(c2cc(C)cc(C)c2)(c2cc(C)cc(C)c2)c2cc(C)cc(C)c2)CC=[C]1[Ti+3].[Cl-].[Cl-].[Cl-]. The van der Waals surface area contributed by atoms with Crippen molar-refractivity contribution in [3.8, 4) is 0 Å². The Morgan fingerprint density at radius 2 is 0.889 bits per heavy atom. The number of hydrogen-bond acceptors (Lipinski definition) is 0. The zero-order valence-corrected chi connectivity index (χ0v) is 26.2. The maximum Gasteiger partial charge on any atom is -1.00 e. The standard InChI is InChI=1S/C32H35.3ClH.Ti/c1-8-27-10-9-11-31(27)32(28-15-21(2)12-22(3)16-28,29-17-23(4)13-24(5)18-29)30-19-25(6)14-26(7)20-30;;;;/h9,12-20H,8,11H2,1-7H3;3*1H;/q;;;;+3/p-3. The third-order valence-corrected chi connectivity index (χ3v) is 7.76. The fourth-order valence-electron chi connectivity index (χ4n) is 5.99. The van der Waals surface area contributed by atoms with Gasteiger partial charge in [-0.2, -0.15) is 0 Å². The van der Waals surface area contributed by atoms with Gasteiger partial charge < -0.3 is 37.2 Å². The topological polar surface area (TPSA) is 0 Å². The summed E-state index contributed by atoms with van der Waals surface area (Å²) < 4.78 is 1.44. The molecule has 3 aromatic carbocycles. The zero-order valence-electron chi connectivity index (χ0n) is 22.3. The number of hydrogen-bond donors (Lipinski definition) is 0. The number of benzene rings is 3. The third-order valence-electron chi connectivity index (χ3n) is 6.97. The van der Waals surface area contributed by atoms with Crippen LogP contribution < -0.4 is 37.2 Å². The second kappa shape index (κ2) is 13.0. The van der Waals surface area contributed by atoms with E-state index in [1.165, 1.54) is 59.5 Å². The maximum absolute atomic E-state index is 2.44. The van der Waals surface area contributed by atoms with E-state index in [-0.39, 0.29) is 42.6 Å². The Balaban J connectivity index is 0.00000216. The monoisotopic (exact) mass is 572 g/mol. The normalized spacial score (nSPS) is 13.0. The summed E-state index contributed by atoms with van der Waals surface area (Å²) in [4.78, 5) is 0. The predicted octanol–water partition coefficient (Wildman–Crippen LogP) is -0.575. The molecule has 188 valence electrons. The predicted molar refractivity (Wildman–Crippen MR) is 138 cm³/mol. The number of aryl methyl sites for hydroxylation is 6. The molecule has 0 amide bonds. The van der Waals surface area contributed by atoms with E-state index in [0.717, 1.165) is 12.8 Å². The molecule has 0 saturated carbocycles. The maximum atomic E-state index is 2.44. The molecule has 0 saturated heterocycles. The van der Waals surface area contributed by atoms with Crippen molar-refractivity contribution >= 4 is 0 Å². The molecule has 0 spiro atoms. The molecule has 0 radical (unpaired) electrons. The van der Waals surface area contributed by atoms with Crippen LogP contribution in [-0.4, -0.2) is 0 Å². The average Bonchev–Trinajstić information content (AvgIpc) is 3.07. The summed E-state index contributed by atoms with van der Waals surface area (Å²) in [6.07, 6.45) is 4.50. The van der Waals surface area contributed by atoms with Crippen molar-refractivity contribution in [2.45, 2.75) is 66.7 Å². The molecule has 1 aliphatic rings. The Bertz CT molecular complexity index is 1110. The molecule has 36 heavy (non-hydrogen) atoms. The summed E-state index contributed by atoms with van der Waals surface area (Å²) in [5.41, 5.74) is 14.9. The van der Waals surface area contributed by atoms with Crippen LogP contribution in [0.5, 0.6) is 0 Å². The van der Waals surface area contributed by atoms with Crippen LogP contribution in [0.4, 0.5) is 0 Å². The minimum Gasteiger partial charge on any atom is -1.00 e. The van der Waals surface area contributed by atoms with Gasteiger partial charge in [0.25, 0.3) is 0 Å². The Kier molecular flexibility index (Phi) is 11.8. The molecule has 4 heteroatoms. The first kappa shape index (κ1) is 32.8. The second-order valence-corrected chi connectivity index (χ2v) is 10.9. The van der Waals surface area contributed by atoms with Crippen LogP contribution in [0.2, 0.25) is 0 Å². The molecule has 3 aromatic rings. The van der Waals surface area contributed by atoms with Crippen LogP contribution in [0.1, 0.15) is 69.8 Å². The van der Waals surface area contributed by atoms with Crippen LogP contribution in [0.3, 0.4) is 0 Å². The Morgan fingerprint density at radius 3 is 1.17 bits per heavy atom. The van der Waals surface area contributed by atoms with Crippen molar-refractivity contribution in [3.63, 3.8) is 0 Å². The molecule has 0 unspecified atom stereocenters. The van der Waals surface area contributed by atoms with Crippen LogP contribution >= 0.6 is 0 Å². The molecule has 0 aliphatic heterocycles. The van der Waals surface area contributed by atoms with Gasteiger partial charge >= 0.3 is 213 Å². The van der Waals surface area contributed by atoms with E-state index in [1.807, 2.05) is 0 Å². The number of rotatable bonds is 5. The first-order valence-corrected chi connectivity index (χ1v) is 12.8. The van der Waals surface area contributed by atoms with Gasteiger partial charge in [0, 0.05) is 0 Å². The average molecular weight is 574 g/mol. The van der Waals surface area contributed by atoms with Crippen molar-refractivity contribution < 1.29 is 57.7 Å². The van der Waals surface area contributed by atoms with E-state index in [4.69, 9.17) is 0 Å². The fraction of sp³-hybridized carbons (Fsp3) is 0.312. The summed E-state index contributed by atoms with van der Waals surface area (Å²) in [7, 11) is 0. The number of allylic oxidation sites excluding steroid dienone is 4. The fourth-order valence-corrected chi connectivity index (χ4v) is 6.66. The van der Waals surface area contributed by atoms with E-state index in [9.17, 15) is 0 Å². The molecule has 4 rings (SSSR count). The molecule has 0 bridgehead atoms. The van der Waals surface area contributed by atoms with Crippen LogP contribution in [0, 0.1) is 41.5 Å². The molecular formula is C32H35Cl3Ti. The minimum atomic E-state index is -0.316. The first-order chi connectivity index (χ1) is 15.6. The quantitative estimate of drug-likeness (QED) is 0.283. The van der Waals surface area contributed by atoms with Gasteiger partial charge in [-0.05, 0) is 0 Å². The van der Waals surface area contributed by atoms with E-state index >= 15 is 0 Å². The summed E-state index contributed by atoms with van der Waals surface area (Å²) in [5.74, 6) is 0. The molecule has 1 aliphatic carbocycles. The van der Waals surface area contributed by atoms with Gasteiger partial charge in [0.1, 0.15) is 0 Å². The molecule has 0 atom stereocenters. The molecule has 0 N–H and O–H groups in total. The van der Waals surface area contributed by atoms with E-state index < -0.39 is 0 Å². The van der Waals surface area contributed by atoms with Crippen LogP contribution in [0.25, 0.3) is 0 Å². The molecule has 0 aromatic heterocycles. The zero-order chi connectivity index (χ0) is 23.9. The van der Waals surface area contributed by atoms with Gasteiger partial charge in [0.05, 0.1) is 0 Å². The van der Waals surface area contributed by atoms with Gasteiger partial charge in [-0.3, -0.25) is 0 Å². The summed E-state index contributed by atoms with van der Waals surface area (Å²) in [6, 6.07) is 21.4. The van der Waals surface area contributed by atoms with E-state index in [2.05, 4.69) is 130 Å². The largest absolute Gasteiger partial charge is 1.00 e. The molecule has 0 heterocycles. The van der Waals surface area contributed by atoms with Gasteiger partial charge in [-0.1, -0.05) is 0 Å². The molecule has 0 fully saturated rings. The van der Waals surface area contributed by atoms with E-state index in [1.54, 1.807) is 5.57 Å². The summed E-state index contributed by atoms with van der Waals surface area (Å²) >= 11 is 2.29. The second-order valence-electron chi connectivity index (χ2n) is 10.0. The van der Waals surface area contributed by atoms with Gasteiger partial charge in [-0.25, -0.2) is 0 Å². The summed E-state index contributed by atoms with van der Waals surface area (Å²) in [5, 5.41) is 0. The van der Waals surface area contributed by atoms with Gasteiger partial charge in [0.15, 0.2) is 0 Å². The van der Waals surface area contributed by atoms with Crippen LogP contribution in [0.15, 0.2) is 75.7 Å². The van der Waals surface area contributed by atoms with Crippen molar-refractivity contribution in [2.24, 2.45) is 0 Å². The van der Waals surface area contributed by atoms with Crippen molar-refractivity contribution in [1.29, 1.82) is 0 Å². The van der Waals surface area contributed by atoms with Gasteiger partial charge in [-0.15, -0.1) is 0 Å². The minimum absolute atomic E-state index is 0. The Hall–Kier alpha value is -1.28. The van der Waals surface area contributed by atoms with Crippen molar-refractivity contribution in [3.05, 3.63) is 126 Å². The van der Waals surface area contributed by atoms with Crippen molar-refractivity contribution in [1.82, 2.24) is 0 Å². The molecular weight excluding hydrogens is 539 g/mol.